The first kappa shape index (κ1) is 20.5. The minimum absolute atomic E-state index is 0.0207. The van der Waals surface area contributed by atoms with Gasteiger partial charge in [0, 0.05) is 12.0 Å². The van der Waals surface area contributed by atoms with Crippen molar-refractivity contribution in [3.05, 3.63) is 29.8 Å². The van der Waals surface area contributed by atoms with Gasteiger partial charge in [-0.2, -0.15) is 18.4 Å². The summed E-state index contributed by atoms with van der Waals surface area (Å²) in [5.41, 5.74) is 0.322. The molecule has 3 rings (SSSR count). The number of carbonyl (C=O) groups excluding carboxylic acids is 1. The summed E-state index contributed by atoms with van der Waals surface area (Å²) >= 11 is 0. The van der Waals surface area contributed by atoms with Crippen LogP contribution in [0.25, 0.3) is 0 Å². The lowest BCUT2D eigenvalue weighted by Gasteiger charge is -2.18. The highest BCUT2D eigenvalue weighted by atomic mass is 32.2. The molecule has 2 N–H and O–H groups in total. The molecular weight excluding hydrogens is 404 g/mol. The van der Waals surface area contributed by atoms with E-state index < -0.39 is 21.9 Å². The van der Waals surface area contributed by atoms with Crippen LogP contribution < -0.4 is 28.4 Å². The van der Waals surface area contributed by atoms with Crippen molar-refractivity contribution in [3.63, 3.8) is 0 Å². The topological polar surface area (TPSA) is 138 Å². The molecule has 0 radical (unpaired) electrons. The van der Waals surface area contributed by atoms with Gasteiger partial charge in [-0.1, -0.05) is 12.1 Å². The van der Waals surface area contributed by atoms with Gasteiger partial charge in [0.25, 0.3) is 0 Å². The van der Waals surface area contributed by atoms with Crippen LogP contribution in [0.15, 0.2) is 24.3 Å². The fourth-order valence-electron chi connectivity index (χ4n) is 2.70. The fourth-order valence-corrected chi connectivity index (χ4v) is 3.39. The van der Waals surface area contributed by atoms with Crippen molar-refractivity contribution >= 4 is 22.3 Å². The van der Waals surface area contributed by atoms with E-state index in [1.807, 2.05) is 19.9 Å². The number of ether oxygens (including phenoxy) is 3. The van der Waals surface area contributed by atoms with E-state index in [2.05, 4.69) is 15.3 Å². The standard InChI is InChI=1S/C17H20N4O7S/c1-17(2)9-10-6-5-7-11(14(10)27-17)28-29(23,24)21-16(22)20-15-18-12(25-3)8-13(19-15)26-4/h5-8H,9H2,1-4H3,(H2,18,19,20,21,22). The molecule has 29 heavy (non-hydrogen) atoms. The Bertz CT molecular complexity index is 1020. The molecule has 1 aromatic carbocycles. The maximum atomic E-state index is 12.3. The molecule has 2 heterocycles. The van der Waals surface area contributed by atoms with Crippen molar-refractivity contribution in [2.24, 2.45) is 0 Å². The van der Waals surface area contributed by atoms with Gasteiger partial charge in [0.05, 0.1) is 20.3 Å². The number of aromatic nitrogens is 2. The third-order valence-electron chi connectivity index (χ3n) is 3.79. The summed E-state index contributed by atoms with van der Waals surface area (Å²) in [4.78, 5) is 19.8. The lowest BCUT2D eigenvalue weighted by molar-refractivity contribution is 0.136. The molecule has 0 spiro atoms. The molecule has 0 bridgehead atoms. The molecule has 1 aliphatic heterocycles. The van der Waals surface area contributed by atoms with Crippen molar-refractivity contribution in [1.29, 1.82) is 0 Å². The number of rotatable bonds is 6. The van der Waals surface area contributed by atoms with Gasteiger partial charge in [0.2, 0.25) is 17.7 Å². The quantitative estimate of drug-likeness (QED) is 0.709. The maximum Gasteiger partial charge on any atom is 0.411 e. The number of para-hydroxylation sites is 1. The second-order valence-electron chi connectivity index (χ2n) is 6.65. The number of urea groups is 1. The zero-order valence-corrected chi connectivity index (χ0v) is 17.0. The highest BCUT2D eigenvalue weighted by Gasteiger charge is 2.33. The first-order valence-corrected chi connectivity index (χ1v) is 9.83. The zero-order valence-electron chi connectivity index (χ0n) is 16.2. The summed E-state index contributed by atoms with van der Waals surface area (Å²) in [7, 11) is -1.77. The van der Waals surface area contributed by atoms with Crippen molar-refractivity contribution in [2.75, 3.05) is 19.5 Å². The molecule has 0 unspecified atom stereocenters. The van der Waals surface area contributed by atoms with E-state index in [0.29, 0.717) is 12.2 Å². The van der Waals surface area contributed by atoms with Gasteiger partial charge in [0.1, 0.15) is 5.60 Å². The third-order valence-corrected chi connectivity index (χ3v) is 4.63. The SMILES string of the molecule is COc1cc(OC)nc(NC(=O)NS(=O)(=O)Oc2cccc3c2OC(C)(C)C3)n1. The van der Waals surface area contributed by atoms with Crippen LogP contribution in [-0.4, -0.2) is 44.2 Å². The van der Waals surface area contributed by atoms with Crippen molar-refractivity contribution in [1.82, 2.24) is 14.7 Å². The highest BCUT2D eigenvalue weighted by molar-refractivity contribution is 7.85. The molecular formula is C17H20N4O7S. The largest absolute Gasteiger partial charge is 0.483 e. The first-order chi connectivity index (χ1) is 13.6. The van der Waals surface area contributed by atoms with Crippen LogP contribution in [0.5, 0.6) is 23.3 Å². The van der Waals surface area contributed by atoms with Gasteiger partial charge in [0.15, 0.2) is 11.5 Å². The van der Waals surface area contributed by atoms with Gasteiger partial charge in [-0.05, 0) is 19.9 Å². The van der Waals surface area contributed by atoms with Crippen molar-refractivity contribution in [2.45, 2.75) is 25.9 Å². The molecule has 12 heteroatoms. The molecule has 1 aliphatic rings. The molecule has 156 valence electrons. The molecule has 0 atom stereocenters. The van der Waals surface area contributed by atoms with Gasteiger partial charge in [-0.25, -0.2) is 9.52 Å². The Hall–Kier alpha value is -3.28. The van der Waals surface area contributed by atoms with Gasteiger partial charge < -0.3 is 18.4 Å². The second-order valence-corrected chi connectivity index (χ2v) is 7.93. The van der Waals surface area contributed by atoms with Gasteiger partial charge in [-0.3, -0.25) is 5.32 Å². The van der Waals surface area contributed by atoms with E-state index in [-0.39, 0.29) is 23.5 Å². The number of amides is 2. The zero-order chi connectivity index (χ0) is 21.2. The molecule has 2 aromatic rings. The number of hydrogen-bond acceptors (Lipinski definition) is 9. The summed E-state index contributed by atoms with van der Waals surface area (Å²) < 4.78 is 47.0. The number of nitrogens with zero attached hydrogens (tertiary/aromatic N) is 2. The maximum absolute atomic E-state index is 12.3. The minimum atomic E-state index is -4.50. The van der Waals surface area contributed by atoms with Crippen LogP contribution in [0.1, 0.15) is 19.4 Å². The van der Waals surface area contributed by atoms with Crippen LogP contribution in [-0.2, 0) is 16.7 Å². The molecule has 0 saturated heterocycles. The van der Waals surface area contributed by atoms with E-state index in [4.69, 9.17) is 18.4 Å². The highest BCUT2D eigenvalue weighted by Crippen LogP contribution is 2.42. The number of benzene rings is 1. The van der Waals surface area contributed by atoms with Crippen LogP contribution >= 0.6 is 0 Å². The molecule has 0 saturated carbocycles. The smallest absolute Gasteiger partial charge is 0.411 e. The van der Waals surface area contributed by atoms with Crippen molar-refractivity contribution < 1.29 is 31.6 Å². The average Bonchev–Trinajstić information content (AvgIpc) is 2.95. The van der Waals surface area contributed by atoms with E-state index in [0.717, 1.165) is 5.56 Å². The summed E-state index contributed by atoms with van der Waals surface area (Å²) in [6, 6.07) is 5.16. The third kappa shape index (κ3) is 4.96. The number of carbonyl (C=O) groups is 1. The predicted molar refractivity (Wildman–Crippen MR) is 102 cm³/mol. The van der Waals surface area contributed by atoms with Gasteiger partial charge >= 0.3 is 16.3 Å². The molecule has 11 nitrogen and oxygen atoms in total. The Morgan fingerprint density at radius 3 is 2.45 bits per heavy atom. The van der Waals surface area contributed by atoms with Gasteiger partial charge in [-0.15, -0.1) is 0 Å². The molecule has 1 aromatic heterocycles. The van der Waals surface area contributed by atoms with E-state index in [1.165, 1.54) is 26.4 Å². The monoisotopic (exact) mass is 424 g/mol. The van der Waals surface area contributed by atoms with Crippen LogP contribution in [0.3, 0.4) is 0 Å². The van der Waals surface area contributed by atoms with Crippen LogP contribution in [0.4, 0.5) is 10.7 Å². The van der Waals surface area contributed by atoms with Crippen molar-refractivity contribution in [3.8, 4) is 23.3 Å². The lowest BCUT2D eigenvalue weighted by atomic mass is 10.0. The van der Waals surface area contributed by atoms with E-state index in [9.17, 15) is 13.2 Å². The number of methoxy groups -OCH3 is 2. The summed E-state index contributed by atoms with van der Waals surface area (Å²) in [5.74, 6) is 0.313. The Labute approximate surface area is 167 Å². The number of nitrogens with one attached hydrogen (secondary N) is 2. The summed E-state index contributed by atoms with van der Waals surface area (Å²) in [6.07, 6.45) is 0.600. The number of fused-ring (bicyclic) bond motifs is 1. The minimum Gasteiger partial charge on any atom is -0.483 e. The average molecular weight is 424 g/mol. The Kier molecular flexibility index (Phi) is 5.38. The predicted octanol–water partition coefficient (Wildman–Crippen LogP) is 1.65. The summed E-state index contributed by atoms with van der Waals surface area (Å²) in [5, 5.41) is 2.18. The van der Waals surface area contributed by atoms with E-state index in [1.54, 1.807) is 10.8 Å². The first-order valence-electron chi connectivity index (χ1n) is 8.42. The number of anilines is 1. The van der Waals surface area contributed by atoms with Crippen LogP contribution in [0, 0.1) is 0 Å². The van der Waals surface area contributed by atoms with Crippen LogP contribution in [0.2, 0.25) is 0 Å². The van der Waals surface area contributed by atoms with E-state index >= 15 is 0 Å². The molecule has 0 fully saturated rings. The Morgan fingerprint density at radius 1 is 1.17 bits per heavy atom. The molecule has 2 amide bonds. The molecule has 0 aliphatic carbocycles. The summed E-state index contributed by atoms with van der Waals surface area (Å²) in [6.45, 7) is 3.75. The Morgan fingerprint density at radius 2 is 1.83 bits per heavy atom. The lowest BCUT2D eigenvalue weighted by Crippen LogP contribution is -2.37. The normalized spacial score (nSPS) is 14.3. The number of hydrogen-bond donors (Lipinski definition) is 2. The fraction of sp³-hybridized carbons (Fsp3) is 0.353. The Balaban J connectivity index is 1.71. The second kappa shape index (κ2) is 7.62.